The Bertz CT molecular complexity index is 1300. The van der Waals surface area contributed by atoms with E-state index in [1.165, 1.54) is 11.8 Å². The molecule has 180 valence electrons. The zero-order valence-corrected chi connectivity index (χ0v) is 20.5. The fourth-order valence-electron chi connectivity index (χ4n) is 3.42. The molecule has 1 amide bonds. The second-order valence-electron chi connectivity index (χ2n) is 8.14. The Kier molecular flexibility index (Phi) is 7.67. The fourth-order valence-corrected chi connectivity index (χ4v) is 4.16. The van der Waals surface area contributed by atoms with Gasteiger partial charge in [0.25, 0.3) is 0 Å². The highest BCUT2D eigenvalue weighted by atomic mass is 32.2. The average Bonchev–Trinajstić information content (AvgIpc) is 3.43. The van der Waals surface area contributed by atoms with Gasteiger partial charge in [-0.15, -0.1) is 10.2 Å². The van der Waals surface area contributed by atoms with Crippen molar-refractivity contribution in [2.45, 2.75) is 38.6 Å². The monoisotopic (exact) mass is 490 g/mol. The van der Waals surface area contributed by atoms with E-state index < -0.39 is 5.97 Å². The lowest BCUT2D eigenvalue weighted by Crippen LogP contribution is -2.15. The van der Waals surface area contributed by atoms with Gasteiger partial charge < -0.3 is 14.5 Å². The lowest BCUT2D eigenvalue weighted by Gasteiger charge is -2.11. The molecule has 1 N–H and O–H groups in total. The van der Waals surface area contributed by atoms with E-state index >= 15 is 0 Å². The third-order valence-electron chi connectivity index (χ3n) is 5.08. The molecular formula is C26H26N4O4S. The highest BCUT2D eigenvalue weighted by Gasteiger charge is 2.19. The summed E-state index contributed by atoms with van der Waals surface area (Å²) < 4.78 is 12.6. The van der Waals surface area contributed by atoms with Crippen molar-refractivity contribution in [2.24, 2.45) is 0 Å². The van der Waals surface area contributed by atoms with Crippen molar-refractivity contribution in [1.29, 1.82) is 0 Å². The lowest BCUT2D eigenvalue weighted by atomic mass is 10.2. The number of nitrogens with one attached hydrogen (secondary N) is 1. The number of carbonyl (C=O) groups is 2. The number of aromatic nitrogens is 3. The predicted molar refractivity (Wildman–Crippen MR) is 134 cm³/mol. The van der Waals surface area contributed by atoms with Gasteiger partial charge in [-0.1, -0.05) is 42.1 Å². The minimum Gasteiger partial charge on any atom is -0.469 e. The van der Waals surface area contributed by atoms with E-state index in [2.05, 4.69) is 15.5 Å². The molecule has 0 saturated heterocycles. The van der Waals surface area contributed by atoms with Crippen molar-refractivity contribution in [3.05, 3.63) is 83.8 Å². The van der Waals surface area contributed by atoms with E-state index in [0.717, 1.165) is 16.9 Å². The van der Waals surface area contributed by atoms with Gasteiger partial charge in [0.05, 0.1) is 35.8 Å². The summed E-state index contributed by atoms with van der Waals surface area (Å²) >= 11 is 1.31. The molecule has 0 radical (unpaired) electrons. The molecule has 0 aliphatic heterocycles. The van der Waals surface area contributed by atoms with Crippen LogP contribution in [-0.4, -0.2) is 38.5 Å². The molecule has 2 aromatic carbocycles. The predicted octanol–water partition coefficient (Wildman–Crippen LogP) is 5.19. The van der Waals surface area contributed by atoms with Crippen LogP contribution in [0, 0.1) is 6.92 Å². The summed E-state index contributed by atoms with van der Waals surface area (Å²) in [5.74, 6) is 1.00. The number of rotatable bonds is 9. The maximum atomic E-state index is 12.6. The third kappa shape index (κ3) is 6.19. The largest absolute Gasteiger partial charge is 0.469 e. The Morgan fingerprint density at radius 2 is 1.80 bits per heavy atom. The van der Waals surface area contributed by atoms with Crippen LogP contribution in [0.2, 0.25) is 0 Å². The molecule has 0 atom stereocenters. The zero-order valence-electron chi connectivity index (χ0n) is 19.7. The molecule has 9 heteroatoms. The normalized spacial score (nSPS) is 11.0. The van der Waals surface area contributed by atoms with Crippen LogP contribution in [0.15, 0.2) is 76.5 Å². The summed E-state index contributed by atoms with van der Waals surface area (Å²) in [5.41, 5.74) is 2.98. The minimum absolute atomic E-state index is 0.147. The molecule has 4 aromatic rings. The van der Waals surface area contributed by atoms with Crippen LogP contribution in [0.3, 0.4) is 0 Å². The van der Waals surface area contributed by atoms with E-state index in [1.807, 2.05) is 47.9 Å². The maximum Gasteiger partial charge on any atom is 0.338 e. The SMILES string of the molecule is Cc1occc1-c1nnc(SCC(=O)Nc2ccc(C(=O)OC(C)C)cc2)n1Cc1ccccc1. The number of carbonyl (C=O) groups excluding carboxylic acids is 2. The molecule has 4 rings (SSSR count). The minimum atomic E-state index is -0.394. The average molecular weight is 491 g/mol. The number of ether oxygens (including phenoxy) is 1. The van der Waals surface area contributed by atoms with Crippen molar-refractivity contribution >= 4 is 29.3 Å². The summed E-state index contributed by atoms with van der Waals surface area (Å²) in [6.07, 6.45) is 1.43. The molecule has 0 aliphatic rings. The maximum absolute atomic E-state index is 12.6. The summed E-state index contributed by atoms with van der Waals surface area (Å²) in [4.78, 5) is 24.6. The molecular weight excluding hydrogens is 464 g/mol. The van der Waals surface area contributed by atoms with Gasteiger partial charge in [0.2, 0.25) is 5.91 Å². The number of hydrogen-bond acceptors (Lipinski definition) is 7. The van der Waals surface area contributed by atoms with E-state index in [9.17, 15) is 9.59 Å². The first-order valence-electron chi connectivity index (χ1n) is 11.2. The molecule has 0 aliphatic carbocycles. The Hall–Kier alpha value is -3.85. The number of anilines is 1. The molecule has 0 saturated carbocycles. The number of aryl methyl sites for hydroxylation is 1. The van der Waals surface area contributed by atoms with Gasteiger partial charge in [-0.2, -0.15) is 0 Å². The highest BCUT2D eigenvalue weighted by molar-refractivity contribution is 7.99. The number of benzene rings is 2. The number of furan rings is 1. The van der Waals surface area contributed by atoms with Crippen LogP contribution in [0.25, 0.3) is 11.4 Å². The van der Waals surface area contributed by atoms with Crippen LogP contribution >= 0.6 is 11.8 Å². The summed E-state index contributed by atoms with van der Waals surface area (Å²) in [6, 6.07) is 18.5. The molecule has 0 fully saturated rings. The van der Waals surface area contributed by atoms with Crippen LogP contribution in [0.4, 0.5) is 5.69 Å². The fraction of sp³-hybridized carbons (Fsp3) is 0.231. The van der Waals surface area contributed by atoms with Crippen LogP contribution in [-0.2, 0) is 16.1 Å². The molecule has 0 spiro atoms. The number of esters is 1. The standard InChI is InChI=1S/C26H26N4O4S/c1-17(2)34-25(32)20-9-11-21(12-10-20)27-23(31)16-35-26-29-28-24(22-13-14-33-18(22)3)30(26)15-19-7-5-4-6-8-19/h4-14,17H,15-16H2,1-3H3,(H,27,31). The van der Waals surface area contributed by atoms with Crippen molar-refractivity contribution in [3.63, 3.8) is 0 Å². The molecule has 35 heavy (non-hydrogen) atoms. The Balaban J connectivity index is 1.44. The Morgan fingerprint density at radius 1 is 1.06 bits per heavy atom. The van der Waals surface area contributed by atoms with Crippen LogP contribution in [0.1, 0.15) is 35.5 Å². The first-order chi connectivity index (χ1) is 16.9. The van der Waals surface area contributed by atoms with Gasteiger partial charge in [-0.3, -0.25) is 9.36 Å². The molecule has 2 aromatic heterocycles. The molecule has 0 unspecified atom stereocenters. The second-order valence-corrected chi connectivity index (χ2v) is 9.08. The van der Waals surface area contributed by atoms with Crippen molar-refractivity contribution in [3.8, 4) is 11.4 Å². The van der Waals surface area contributed by atoms with E-state index in [1.54, 1.807) is 44.4 Å². The van der Waals surface area contributed by atoms with Gasteiger partial charge in [-0.25, -0.2) is 4.79 Å². The van der Waals surface area contributed by atoms with Gasteiger partial charge in [0.1, 0.15) is 5.76 Å². The van der Waals surface area contributed by atoms with Gasteiger partial charge in [0.15, 0.2) is 11.0 Å². The van der Waals surface area contributed by atoms with E-state index in [0.29, 0.717) is 28.8 Å². The highest BCUT2D eigenvalue weighted by Crippen LogP contribution is 2.28. The van der Waals surface area contributed by atoms with E-state index in [4.69, 9.17) is 9.15 Å². The Morgan fingerprint density at radius 3 is 2.46 bits per heavy atom. The zero-order chi connectivity index (χ0) is 24.8. The number of nitrogens with zero attached hydrogens (tertiary/aromatic N) is 3. The summed E-state index contributed by atoms with van der Waals surface area (Å²) in [5, 5.41) is 12.2. The van der Waals surface area contributed by atoms with Crippen molar-refractivity contribution in [1.82, 2.24) is 14.8 Å². The lowest BCUT2D eigenvalue weighted by molar-refractivity contribution is -0.113. The summed E-state index contributed by atoms with van der Waals surface area (Å²) in [7, 11) is 0. The quantitative estimate of drug-likeness (QED) is 0.255. The smallest absolute Gasteiger partial charge is 0.338 e. The first kappa shape index (κ1) is 24.3. The summed E-state index contributed by atoms with van der Waals surface area (Å²) in [6.45, 7) is 6.03. The molecule has 2 heterocycles. The van der Waals surface area contributed by atoms with Gasteiger partial charge in [-0.05, 0) is 56.7 Å². The van der Waals surface area contributed by atoms with Gasteiger partial charge in [0, 0.05) is 5.69 Å². The molecule has 8 nitrogen and oxygen atoms in total. The van der Waals surface area contributed by atoms with Crippen molar-refractivity contribution < 1.29 is 18.7 Å². The first-order valence-corrected chi connectivity index (χ1v) is 12.1. The van der Waals surface area contributed by atoms with Gasteiger partial charge >= 0.3 is 5.97 Å². The number of amides is 1. The molecule has 0 bridgehead atoms. The van der Waals surface area contributed by atoms with Crippen molar-refractivity contribution in [2.75, 3.05) is 11.1 Å². The third-order valence-corrected chi connectivity index (χ3v) is 6.05. The Labute approximate surface area is 207 Å². The van der Waals surface area contributed by atoms with E-state index in [-0.39, 0.29) is 17.8 Å². The number of hydrogen-bond donors (Lipinski definition) is 1. The topological polar surface area (TPSA) is 99.2 Å². The van der Waals surface area contributed by atoms with Crippen LogP contribution in [0.5, 0.6) is 0 Å². The second kappa shape index (κ2) is 11.1. The van der Waals surface area contributed by atoms with Crippen LogP contribution < -0.4 is 5.32 Å². The number of thioether (sulfide) groups is 1.